The van der Waals surface area contributed by atoms with Gasteiger partial charge in [-0.05, 0) is 5.56 Å². The molecule has 1 aromatic rings. The molecule has 2 unspecified atom stereocenters. The van der Waals surface area contributed by atoms with Crippen molar-refractivity contribution in [3.8, 4) is 0 Å². The van der Waals surface area contributed by atoms with Gasteiger partial charge in [-0.3, -0.25) is 0 Å². The first kappa shape index (κ1) is 12.9. The Kier molecular flexibility index (Phi) is 3.69. The first-order valence-electron chi connectivity index (χ1n) is 6.93. The van der Waals surface area contributed by atoms with Gasteiger partial charge in [0.1, 0.15) is 6.10 Å². The van der Waals surface area contributed by atoms with Crippen LogP contribution in [0.15, 0.2) is 36.4 Å². The highest BCUT2D eigenvalue weighted by Crippen LogP contribution is 2.37. The van der Waals surface area contributed by atoms with Crippen LogP contribution in [0.4, 0.5) is 0 Å². The van der Waals surface area contributed by atoms with Crippen LogP contribution in [0.1, 0.15) is 18.9 Å². The quantitative estimate of drug-likeness (QED) is 0.906. The maximum absolute atomic E-state index is 9.27. The Balaban J connectivity index is 1.71. The molecule has 0 aliphatic carbocycles. The molecular weight excluding hydrogens is 240 g/mol. The fourth-order valence-electron chi connectivity index (χ4n) is 2.92. The van der Waals surface area contributed by atoms with Gasteiger partial charge in [0.05, 0.1) is 24.9 Å². The summed E-state index contributed by atoms with van der Waals surface area (Å²) >= 11 is 0. The van der Waals surface area contributed by atoms with Gasteiger partial charge in [0, 0.05) is 12.3 Å². The van der Waals surface area contributed by atoms with Crippen molar-refractivity contribution in [3.05, 3.63) is 42.0 Å². The molecule has 2 heterocycles. The van der Waals surface area contributed by atoms with Crippen molar-refractivity contribution in [3.63, 3.8) is 0 Å². The van der Waals surface area contributed by atoms with Crippen LogP contribution in [-0.2, 0) is 9.47 Å². The zero-order chi connectivity index (χ0) is 13.2. The molecule has 0 saturated carbocycles. The normalized spacial score (nSPS) is 37.9. The van der Waals surface area contributed by atoms with Gasteiger partial charge < -0.3 is 14.6 Å². The van der Waals surface area contributed by atoms with Crippen molar-refractivity contribution in [2.24, 2.45) is 5.92 Å². The molecule has 1 N–H and O–H groups in total. The minimum atomic E-state index is -0.150. The molecule has 0 amide bonds. The highest BCUT2D eigenvalue weighted by atomic mass is 16.6. The largest absolute Gasteiger partial charge is 0.394 e. The Bertz CT molecular complexity index is 443. The maximum Gasteiger partial charge on any atom is 0.107 e. The Labute approximate surface area is 113 Å². The van der Waals surface area contributed by atoms with Crippen molar-refractivity contribution in [2.45, 2.75) is 37.8 Å². The summed E-state index contributed by atoms with van der Waals surface area (Å²) in [5.74, 6) is 0.327. The van der Waals surface area contributed by atoms with Gasteiger partial charge in [-0.1, -0.05) is 49.4 Å². The molecule has 1 aromatic carbocycles. The SMILES string of the molecule is C[C@@H]1C2CC(O[C@H]1/C=C/c1ccccc1)[C@H](CO)O2. The lowest BCUT2D eigenvalue weighted by molar-refractivity contribution is -0.0458. The predicted molar refractivity (Wildman–Crippen MR) is 73.7 cm³/mol. The van der Waals surface area contributed by atoms with Crippen LogP contribution in [0, 0.1) is 5.92 Å². The van der Waals surface area contributed by atoms with E-state index in [9.17, 15) is 5.11 Å². The van der Waals surface area contributed by atoms with Gasteiger partial charge in [0.15, 0.2) is 0 Å². The third-order valence-corrected chi connectivity index (χ3v) is 4.12. The second-order valence-electron chi connectivity index (χ2n) is 5.40. The molecule has 0 spiro atoms. The summed E-state index contributed by atoms with van der Waals surface area (Å²) in [5.41, 5.74) is 1.18. The van der Waals surface area contributed by atoms with E-state index in [0.717, 1.165) is 6.42 Å². The number of fused-ring (bicyclic) bond motifs is 2. The van der Waals surface area contributed by atoms with E-state index in [2.05, 4.69) is 31.2 Å². The van der Waals surface area contributed by atoms with Gasteiger partial charge in [-0.2, -0.15) is 0 Å². The molecule has 3 nitrogen and oxygen atoms in total. The summed E-state index contributed by atoms with van der Waals surface area (Å²) in [6.45, 7) is 2.20. The molecule has 2 saturated heterocycles. The van der Waals surface area contributed by atoms with Gasteiger partial charge in [0.25, 0.3) is 0 Å². The van der Waals surface area contributed by atoms with Crippen LogP contribution in [0.3, 0.4) is 0 Å². The van der Waals surface area contributed by atoms with Crippen LogP contribution in [0.5, 0.6) is 0 Å². The molecule has 0 aromatic heterocycles. The summed E-state index contributed by atoms with van der Waals surface area (Å²) in [6, 6.07) is 10.2. The van der Waals surface area contributed by atoms with Gasteiger partial charge in [-0.25, -0.2) is 0 Å². The zero-order valence-corrected chi connectivity index (χ0v) is 11.1. The lowest BCUT2D eigenvalue weighted by atomic mass is 9.91. The molecule has 3 heteroatoms. The highest BCUT2D eigenvalue weighted by molar-refractivity contribution is 5.49. The van der Waals surface area contributed by atoms with E-state index >= 15 is 0 Å². The van der Waals surface area contributed by atoms with E-state index in [1.54, 1.807) is 0 Å². The van der Waals surface area contributed by atoms with Crippen molar-refractivity contribution in [2.75, 3.05) is 6.61 Å². The average molecular weight is 260 g/mol. The molecule has 2 aliphatic rings. The summed E-state index contributed by atoms with van der Waals surface area (Å²) in [6.07, 6.45) is 5.28. The summed E-state index contributed by atoms with van der Waals surface area (Å²) < 4.78 is 11.9. The molecule has 102 valence electrons. The van der Waals surface area contributed by atoms with Crippen molar-refractivity contribution >= 4 is 6.08 Å². The van der Waals surface area contributed by atoms with E-state index in [1.165, 1.54) is 5.56 Å². The van der Waals surface area contributed by atoms with E-state index in [-0.39, 0.29) is 31.0 Å². The standard InChI is InChI=1S/C16H20O3/c1-11-13(8-7-12-5-3-2-4-6-12)18-15-9-14(11)19-16(15)10-17/h2-8,11,13-17H,9-10H2,1H3/b8-7+/t11-,13-,14?,15?,16-/m0/s1. The topological polar surface area (TPSA) is 38.7 Å². The summed E-state index contributed by atoms with van der Waals surface area (Å²) in [7, 11) is 0. The van der Waals surface area contributed by atoms with Gasteiger partial charge >= 0.3 is 0 Å². The third-order valence-electron chi connectivity index (χ3n) is 4.12. The first-order chi connectivity index (χ1) is 9.28. The molecule has 5 atom stereocenters. The molecule has 0 radical (unpaired) electrons. The summed E-state index contributed by atoms with van der Waals surface area (Å²) in [4.78, 5) is 0. The number of hydrogen-bond acceptors (Lipinski definition) is 3. The van der Waals surface area contributed by atoms with Gasteiger partial charge in [0.2, 0.25) is 0 Å². The number of ether oxygens (including phenoxy) is 2. The zero-order valence-electron chi connectivity index (χ0n) is 11.1. The second-order valence-corrected chi connectivity index (χ2v) is 5.40. The lowest BCUT2D eigenvalue weighted by Gasteiger charge is -2.31. The summed E-state index contributed by atoms with van der Waals surface area (Å²) in [5, 5.41) is 9.27. The van der Waals surface area contributed by atoms with Crippen LogP contribution in [-0.4, -0.2) is 36.1 Å². The fourth-order valence-corrected chi connectivity index (χ4v) is 2.92. The first-order valence-corrected chi connectivity index (χ1v) is 6.93. The van der Waals surface area contributed by atoms with Crippen molar-refractivity contribution in [1.82, 2.24) is 0 Å². The molecule has 3 rings (SSSR count). The lowest BCUT2D eigenvalue weighted by Crippen LogP contribution is -2.38. The van der Waals surface area contributed by atoms with E-state index < -0.39 is 0 Å². The van der Waals surface area contributed by atoms with Crippen LogP contribution >= 0.6 is 0 Å². The third kappa shape index (κ3) is 2.59. The smallest absolute Gasteiger partial charge is 0.107 e. The molecule has 2 aliphatic heterocycles. The van der Waals surface area contributed by atoms with Gasteiger partial charge in [-0.15, -0.1) is 0 Å². The van der Waals surface area contributed by atoms with E-state index in [4.69, 9.17) is 9.47 Å². The number of benzene rings is 1. The highest BCUT2D eigenvalue weighted by Gasteiger charge is 2.45. The number of aliphatic hydroxyl groups is 1. The number of aliphatic hydroxyl groups excluding tert-OH is 1. The molecule has 19 heavy (non-hydrogen) atoms. The number of hydrogen-bond donors (Lipinski definition) is 1. The Morgan fingerprint density at radius 3 is 2.74 bits per heavy atom. The van der Waals surface area contributed by atoms with E-state index in [1.807, 2.05) is 18.2 Å². The minimum absolute atomic E-state index is 0.0385. The average Bonchev–Trinajstić information content (AvgIpc) is 2.81. The fraction of sp³-hybridized carbons (Fsp3) is 0.500. The maximum atomic E-state index is 9.27. The van der Waals surface area contributed by atoms with Crippen LogP contribution in [0.2, 0.25) is 0 Å². The van der Waals surface area contributed by atoms with E-state index in [0.29, 0.717) is 5.92 Å². The second kappa shape index (κ2) is 5.45. The number of rotatable bonds is 3. The van der Waals surface area contributed by atoms with Crippen molar-refractivity contribution in [1.29, 1.82) is 0 Å². The Morgan fingerprint density at radius 1 is 1.21 bits per heavy atom. The Morgan fingerprint density at radius 2 is 2.00 bits per heavy atom. The Hall–Kier alpha value is -1.16. The molecular formula is C16H20O3. The monoisotopic (exact) mass is 260 g/mol. The molecule has 2 bridgehead atoms. The molecule has 2 fully saturated rings. The van der Waals surface area contributed by atoms with Crippen LogP contribution < -0.4 is 0 Å². The van der Waals surface area contributed by atoms with Crippen LogP contribution in [0.25, 0.3) is 6.08 Å². The van der Waals surface area contributed by atoms with Crippen molar-refractivity contribution < 1.29 is 14.6 Å². The minimum Gasteiger partial charge on any atom is -0.394 e. The predicted octanol–water partition coefficient (Wildman–Crippen LogP) is 2.25.